The molecule has 2 aromatic carbocycles. The van der Waals surface area contributed by atoms with Gasteiger partial charge in [-0.2, -0.15) is 13.2 Å². The highest BCUT2D eigenvalue weighted by Crippen LogP contribution is 2.36. The lowest BCUT2D eigenvalue weighted by Gasteiger charge is -2.25. The largest absolute Gasteiger partial charge is 0.446 e. The van der Waals surface area contributed by atoms with Crippen LogP contribution in [0.1, 0.15) is 17.2 Å². The molecule has 148 valence electrons. The standard InChI is InChI=1S/C19H16F4N2O2S/c1-25(17(18(24)27)13-3-2-4-14(20)11-13)16(26)10-7-12-5-8-15(9-6-12)28-19(21,22)23/h2-11,17H,1H3,(H2,24,27)/b10-7+. The molecule has 0 aliphatic rings. The van der Waals surface area contributed by atoms with Crippen molar-refractivity contribution in [3.05, 3.63) is 71.6 Å². The molecule has 0 spiro atoms. The van der Waals surface area contributed by atoms with Crippen LogP contribution in [-0.2, 0) is 9.59 Å². The molecule has 2 rings (SSSR count). The lowest BCUT2D eigenvalue weighted by Crippen LogP contribution is -2.38. The Bertz CT molecular complexity index is 882. The van der Waals surface area contributed by atoms with Crippen molar-refractivity contribution in [3.8, 4) is 0 Å². The maximum atomic E-state index is 13.4. The molecule has 0 bridgehead atoms. The molecule has 9 heteroatoms. The lowest BCUT2D eigenvalue weighted by molar-refractivity contribution is -0.134. The molecule has 28 heavy (non-hydrogen) atoms. The molecular weight excluding hydrogens is 396 g/mol. The first-order valence-corrected chi connectivity index (χ1v) is 8.74. The zero-order valence-corrected chi connectivity index (χ0v) is 15.4. The van der Waals surface area contributed by atoms with Crippen LogP contribution in [0.3, 0.4) is 0 Å². The summed E-state index contributed by atoms with van der Waals surface area (Å²) in [6.07, 6.45) is 2.55. The van der Waals surface area contributed by atoms with E-state index >= 15 is 0 Å². The van der Waals surface area contributed by atoms with Gasteiger partial charge in [-0.15, -0.1) is 0 Å². The second-order valence-electron chi connectivity index (χ2n) is 5.76. The molecule has 4 nitrogen and oxygen atoms in total. The fraction of sp³-hybridized carbons (Fsp3) is 0.158. The maximum absolute atomic E-state index is 13.4. The Morgan fingerprint density at radius 3 is 2.32 bits per heavy atom. The van der Waals surface area contributed by atoms with Crippen LogP contribution in [0.5, 0.6) is 0 Å². The number of likely N-dealkylation sites (N-methyl/N-ethyl adjacent to an activating group) is 1. The van der Waals surface area contributed by atoms with Gasteiger partial charge in [0.2, 0.25) is 11.8 Å². The quantitative estimate of drug-likeness (QED) is 0.441. The summed E-state index contributed by atoms with van der Waals surface area (Å²) in [6.45, 7) is 0. The number of nitrogens with two attached hydrogens (primary N) is 1. The summed E-state index contributed by atoms with van der Waals surface area (Å²) in [5, 5.41) is 0. The Morgan fingerprint density at radius 1 is 1.14 bits per heavy atom. The van der Waals surface area contributed by atoms with Crippen molar-refractivity contribution in [1.29, 1.82) is 0 Å². The van der Waals surface area contributed by atoms with Gasteiger partial charge in [0.1, 0.15) is 11.9 Å². The Balaban J connectivity index is 2.12. The van der Waals surface area contributed by atoms with E-state index in [2.05, 4.69) is 0 Å². The number of primary amides is 1. The minimum Gasteiger partial charge on any atom is -0.368 e. The number of carbonyl (C=O) groups excluding carboxylic acids is 2. The van der Waals surface area contributed by atoms with E-state index in [9.17, 15) is 27.2 Å². The van der Waals surface area contributed by atoms with Gasteiger partial charge in [-0.25, -0.2) is 4.39 Å². The van der Waals surface area contributed by atoms with E-state index in [0.29, 0.717) is 5.56 Å². The molecule has 1 unspecified atom stereocenters. The van der Waals surface area contributed by atoms with E-state index in [1.165, 1.54) is 55.6 Å². The summed E-state index contributed by atoms with van der Waals surface area (Å²) >= 11 is -0.237. The summed E-state index contributed by atoms with van der Waals surface area (Å²) in [5.41, 5.74) is 1.70. The fourth-order valence-corrected chi connectivity index (χ4v) is 2.99. The third-order valence-electron chi connectivity index (χ3n) is 3.70. The van der Waals surface area contributed by atoms with Crippen LogP contribution in [0.2, 0.25) is 0 Å². The Morgan fingerprint density at radius 2 is 1.79 bits per heavy atom. The average Bonchev–Trinajstić information content (AvgIpc) is 2.59. The van der Waals surface area contributed by atoms with Crippen molar-refractivity contribution in [2.75, 3.05) is 7.05 Å². The molecule has 0 aliphatic carbocycles. The number of alkyl halides is 3. The van der Waals surface area contributed by atoms with Gasteiger partial charge >= 0.3 is 5.51 Å². The summed E-state index contributed by atoms with van der Waals surface area (Å²) in [6, 6.07) is 9.43. The smallest absolute Gasteiger partial charge is 0.368 e. The number of nitrogens with zero attached hydrogens (tertiary/aromatic N) is 1. The normalized spacial score (nSPS) is 12.8. The number of hydrogen-bond acceptors (Lipinski definition) is 3. The van der Waals surface area contributed by atoms with Gasteiger partial charge in [-0.05, 0) is 53.2 Å². The first kappa shape index (κ1) is 21.5. The van der Waals surface area contributed by atoms with Crippen molar-refractivity contribution >= 4 is 29.7 Å². The van der Waals surface area contributed by atoms with E-state index < -0.39 is 29.2 Å². The molecule has 2 amide bonds. The summed E-state index contributed by atoms with van der Waals surface area (Å²) in [4.78, 5) is 25.2. The minimum absolute atomic E-state index is 0.0213. The number of halogens is 4. The molecule has 2 aromatic rings. The molecule has 0 aliphatic heterocycles. The third-order valence-corrected chi connectivity index (χ3v) is 4.44. The Kier molecular flexibility index (Phi) is 6.85. The van der Waals surface area contributed by atoms with Crippen LogP contribution in [0.25, 0.3) is 6.08 Å². The van der Waals surface area contributed by atoms with Gasteiger partial charge in [-0.1, -0.05) is 24.3 Å². The molecular formula is C19H16F4N2O2S. The number of carbonyl (C=O) groups is 2. The Labute approximate surface area is 163 Å². The number of rotatable bonds is 6. The molecule has 0 fully saturated rings. The van der Waals surface area contributed by atoms with Gasteiger partial charge in [0, 0.05) is 18.0 Å². The van der Waals surface area contributed by atoms with Gasteiger partial charge in [0.25, 0.3) is 0 Å². The topological polar surface area (TPSA) is 63.4 Å². The Hall–Kier alpha value is -2.81. The van der Waals surface area contributed by atoms with Crippen LogP contribution < -0.4 is 5.73 Å². The van der Waals surface area contributed by atoms with E-state index in [-0.39, 0.29) is 22.2 Å². The minimum atomic E-state index is -4.38. The second-order valence-corrected chi connectivity index (χ2v) is 6.90. The van der Waals surface area contributed by atoms with E-state index in [0.717, 1.165) is 17.0 Å². The summed E-state index contributed by atoms with van der Waals surface area (Å²) < 4.78 is 50.4. The average molecular weight is 412 g/mol. The van der Waals surface area contributed by atoms with Crippen molar-refractivity contribution in [1.82, 2.24) is 4.90 Å². The summed E-state index contributed by atoms with van der Waals surface area (Å²) in [7, 11) is 1.34. The van der Waals surface area contributed by atoms with Crippen LogP contribution >= 0.6 is 11.8 Å². The number of thioether (sulfide) groups is 1. The first-order chi connectivity index (χ1) is 13.1. The molecule has 0 saturated carbocycles. The predicted octanol–water partition coefficient (Wildman–Crippen LogP) is 4.14. The van der Waals surface area contributed by atoms with Crippen LogP contribution in [-0.4, -0.2) is 29.3 Å². The van der Waals surface area contributed by atoms with Crippen LogP contribution in [0, 0.1) is 5.82 Å². The van der Waals surface area contributed by atoms with Crippen molar-refractivity contribution in [2.45, 2.75) is 16.4 Å². The third kappa shape index (κ3) is 6.12. The molecule has 0 heterocycles. The van der Waals surface area contributed by atoms with Crippen molar-refractivity contribution < 1.29 is 27.2 Å². The van der Waals surface area contributed by atoms with Gasteiger partial charge in [0.15, 0.2) is 0 Å². The number of hydrogen-bond donors (Lipinski definition) is 1. The van der Waals surface area contributed by atoms with E-state index in [1.807, 2.05) is 0 Å². The zero-order valence-electron chi connectivity index (χ0n) is 14.6. The molecule has 0 radical (unpaired) electrons. The first-order valence-electron chi connectivity index (χ1n) is 7.92. The van der Waals surface area contributed by atoms with Crippen LogP contribution in [0.15, 0.2) is 59.5 Å². The highest BCUT2D eigenvalue weighted by atomic mass is 32.2. The maximum Gasteiger partial charge on any atom is 0.446 e. The van der Waals surface area contributed by atoms with Gasteiger partial charge < -0.3 is 10.6 Å². The van der Waals surface area contributed by atoms with Gasteiger partial charge in [0.05, 0.1) is 0 Å². The molecule has 1 atom stereocenters. The van der Waals surface area contributed by atoms with Crippen molar-refractivity contribution in [3.63, 3.8) is 0 Å². The predicted molar refractivity (Wildman–Crippen MR) is 98.5 cm³/mol. The second kappa shape index (κ2) is 8.92. The number of benzene rings is 2. The highest BCUT2D eigenvalue weighted by Gasteiger charge is 2.29. The van der Waals surface area contributed by atoms with Gasteiger partial charge in [-0.3, -0.25) is 9.59 Å². The number of amides is 2. The molecule has 2 N–H and O–H groups in total. The fourth-order valence-electron chi connectivity index (χ4n) is 2.45. The lowest BCUT2D eigenvalue weighted by atomic mass is 10.0. The SMILES string of the molecule is CN(C(=O)/C=C/c1ccc(SC(F)(F)F)cc1)C(C(N)=O)c1cccc(F)c1. The molecule has 0 saturated heterocycles. The monoisotopic (exact) mass is 412 g/mol. The highest BCUT2D eigenvalue weighted by molar-refractivity contribution is 8.00. The van der Waals surface area contributed by atoms with E-state index in [4.69, 9.17) is 5.73 Å². The van der Waals surface area contributed by atoms with E-state index in [1.54, 1.807) is 0 Å². The zero-order chi connectivity index (χ0) is 20.9. The molecule has 0 aromatic heterocycles. The van der Waals surface area contributed by atoms with Crippen LogP contribution in [0.4, 0.5) is 17.6 Å². The summed E-state index contributed by atoms with van der Waals surface area (Å²) in [5.74, 6) is -1.98. The van der Waals surface area contributed by atoms with Crippen molar-refractivity contribution in [2.24, 2.45) is 5.73 Å².